The summed E-state index contributed by atoms with van der Waals surface area (Å²) in [6, 6.07) is 3.79. The molecule has 0 saturated carbocycles. The summed E-state index contributed by atoms with van der Waals surface area (Å²) in [6.45, 7) is 2.97. The molecular formula is C13H18ClNO4. The van der Waals surface area contributed by atoms with Gasteiger partial charge in [0.2, 0.25) is 6.79 Å². The normalized spacial score (nSPS) is 13.3. The van der Waals surface area contributed by atoms with Gasteiger partial charge in [-0.05, 0) is 17.7 Å². The minimum Gasteiger partial charge on any atom is -0.454 e. The number of aliphatic hydroxyl groups is 1. The second kappa shape index (κ2) is 6.96. The lowest BCUT2D eigenvalue weighted by molar-refractivity contribution is 0.127. The van der Waals surface area contributed by atoms with Gasteiger partial charge in [-0.15, -0.1) is 0 Å². The first-order valence-electron chi connectivity index (χ1n) is 6.14. The number of benzene rings is 1. The molecule has 1 aromatic carbocycles. The smallest absolute Gasteiger partial charge is 0.231 e. The van der Waals surface area contributed by atoms with Crippen molar-refractivity contribution >= 4 is 11.6 Å². The molecule has 0 saturated heterocycles. The monoisotopic (exact) mass is 287 g/mol. The molecule has 1 heterocycles. The fourth-order valence-corrected chi connectivity index (χ4v) is 2.29. The van der Waals surface area contributed by atoms with E-state index in [1.807, 2.05) is 12.1 Å². The maximum absolute atomic E-state index is 9.07. The molecule has 1 aromatic rings. The van der Waals surface area contributed by atoms with Crippen molar-refractivity contribution in [3.8, 4) is 11.5 Å². The molecule has 0 aromatic heterocycles. The average molecular weight is 288 g/mol. The van der Waals surface area contributed by atoms with Gasteiger partial charge in [0.25, 0.3) is 0 Å². The predicted molar refractivity (Wildman–Crippen MR) is 71.8 cm³/mol. The summed E-state index contributed by atoms with van der Waals surface area (Å²) in [5.41, 5.74) is 1.03. The maximum atomic E-state index is 9.07. The molecule has 0 unspecified atom stereocenters. The van der Waals surface area contributed by atoms with Crippen LogP contribution in [0.2, 0.25) is 5.02 Å². The van der Waals surface area contributed by atoms with E-state index in [1.165, 1.54) is 0 Å². The van der Waals surface area contributed by atoms with Gasteiger partial charge in [-0.2, -0.15) is 0 Å². The van der Waals surface area contributed by atoms with Crippen LogP contribution in [0.4, 0.5) is 0 Å². The summed E-state index contributed by atoms with van der Waals surface area (Å²) >= 11 is 6.14. The molecule has 19 heavy (non-hydrogen) atoms. The Labute approximate surface area is 117 Å². The van der Waals surface area contributed by atoms with E-state index in [1.54, 1.807) is 7.11 Å². The van der Waals surface area contributed by atoms with Gasteiger partial charge < -0.3 is 19.3 Å². The lowest BCUT2D eigenvalue weighted by Gasteiger charge is -2.21. The number of rotatable bonds is 7. The molecular weight excluding hydrogens is 270 g/mol. The SMILES string of the molecule is COCCN(CCO)Cc1cc(Cl)c2c(c1)OCO2. The number of nitrogens with zero attached hydrogens (tertiary/aromatic N) is 1. The van der Waals surface area contributed by atoms with Crippen LogP contribution in [0.5, 0.6) is 11.5 Å². The van der Waals surface area contributed by atoms with Crippen LogP contribution in [-0.2, 0) is 11.3 Å². The Morgan fingerprint density at radius 1 is 1.37 bits per heavy atom. The van der Waals surface area contributed by atoms with Crippen molar-refractivity contribution in [3.63, 3.8) is 0 Å². The summed E-state index contributed by atoms with van der Waals surface area (Å²) in [5, 5.41) is 9.63. The highest BCUT2D eigenvalue weighted by Crippen LogP contribution is 2.39. The number of fused-ring (bicyclic) bond motifs is 1. The molecule has 1 aliphatic rings. The summed E-state index contributed by atoms with van der Waals surface area (Å²) in [6.07, 6.45) is 0. The standard InChI is InChI=1S/C13H18ClNO4/c1-17-5-3-15(2-4-16)8-10-6-11(14)13-12(7-10)18-9-19-13/h6-7,16H,2-5,8-9H2,1H3. The van der Waals surface area contributed by atoms with E-state index in [0.717, 1.165) is 12.1 Å². The van der Waals surface area contributed by atoms with Crippen LogP contribution in [0.25, 0.3) is 0 Å². The van der Waals surface area contributed by atoms with Crippen LogP contribution in [0, 0.1) is 0 Å². The minimum atomic E-state index is 0.113. The number of halogens is 1. The predicted octanol–water partition coefficient (Wildman–Crippen LogP) is 1.51. The Hall–Kier alpha value is -1.01. The highest BCUT2D eigenvalue weighted by atomic mass is 35.5. The topological polar surface area (TPSA) is 51.2 Å². The fraction of sp³-hybridized carbons (Fsp3) is 0.538. The van der Waals surface area contributed by atoms with Crippen molar-refractivity contribution in [3.05, 3.63) is 22.7 Å². The van der Waals surface area contributed by atoms with E-state index in [2.05, 4.69) is 4.90 Å². The third kappa shape index (κ3) is 3.73. The first-order valence-corrected chi connectivity index (χ1v) is 6.52. The van der Waals surface area contributed by atoms with Crippen LogP contribution in [0.15, 0.2) is 12.1 Å². The summed E-state index contributed by atoms with van der Waals surface area (Å²) in [4.78, 5) is 2.09. The molecule has 5 nitrogen and oxygen atoms in total. The second-order valence-electron chi connectivity index (χ2n) is 4.30. The van der Waals surface area contributed by atoms with E-state index in [-0.39, 0.29) is 13.4 Å². The molecule has 6 heteroatoms. The van der Waals surface area contributed by atoms with Crippen LogP contribution in [-0.4, -0.2) is 50.2 Å². The minimum absolute atomic E-state index is 0.113. The molecule has 0 atom stereocenters. The highest BCUT2D eigenvalue weighted by molar-refractivity contribution is 6.32. The first kappa shape index (κ1) is 14.4. The van der Waals surface area contributed by atoms with Crippen molar-refractivity contribution < 1.29 is 19.3 Å². The molecule has 1 N–H and O–H groups in total. The Bertz CT molecular complexity index is 427. The van der Waals surface area contributed by atoms with Crippen LogP contribution in [0.3, 0.4) is 0 Å². The second-order valence-corrected chi connectivity index (χ2v) is 4.71. The van der Waals surface area contributed by atoms with E-state index in [9.17, 15) is 0 Å². The molecule has 0 bridgehead atoms. The number of aliphatic hydroxyl groups excluding tert-OH is 1. The van der Waals surface area contributed by atoms with Crippen molar-refractivity contribution in [2.24, 2.45) is 0 Å². The van der Waals surface area contributed by atoms with Crippen molar-refractivity contribution in [1.82, 2.24) is 4.90 Å². The van der Waals surface area contributed by atoms with E-state index in [0.29, 0.717) is 36.2 Å². The van der Waals surface area contributed by atoms with E-state index >= 15 is 0 Å². The third-order valence-electron chi connectivity index (χ3n) is 2.92. The summed E-state index contributed by atoms with van der Waals surface area (Å²) in [7, 11) is 1.66. The zero-order valence-electron chi connectivity index (χ0n) is 10.9. The van der Waals surface area contributed by atoms with Gasteiger partial charge in [0.15, 0.2) is 11.5 Å². The zero-order chi connectivity index (χ0) is 13.7. The van der Waals surface area contributed by atoms with E-state index in [4.69, 9.17) is 30.9 Å². The molecule has 0 radical (unpaired) electrons. The van der Waals surface area contributed by atoms with Gasteiger partial charge in [0.1, 0.15) is 0 Å². The quantitative estimate of drug-likeness (QED) is 0.824. The average Bonchev–Trinajstić information content (AvgIpc) is 2.85. The molecule has 2 rings (SSSR count). The van der Waals surface area contributed by atoms with Crippen molar-refractivity contribution in [2.75, 3.05) is 40.2 Å². The number of methoxy groups -OCH3 is 1. The number of hydrogen-bond acceptors (Lipinski definition) is 5. The molecule has 0 fully saturated rings. The van der Waals surface area contributed by atoms with Crippen LogP contribution < -0.4 is 9.47 Å². The Morgan fingerprint density at radius 3 is 2.95 bits per heavy atom. The lowest BCUT2D eigenvalue weighted by Crippen LogP contribution is -2.29. The van der Waals surface area contributed by atoms with Gasteiger partial charge in [-0.3, -0.25) is 4.90 Å². The third-order valence-corrected chi connectivity index (χ3v) is 3.20. The first-order chi connectivity index (χ1) is 9.24. The Balaban J connectivity index is 2.06. The summed E-state index contributed by atoms with van der Waals surface area (Å²) < 4.78 is 15.7. The van der Waals surface area contributed by atoms with Gasteiger partial charge >= 0.3 is 0 Å². The molecule has 1 aliphatic heterocycles. The molecule has 0 amide bonds. The fourth-order valence-electron chi connectivity index (χ4n) is 2.00. The lowest BCUT2D eigenvalue weighted by atomic mass is 10.2. The van der Waals surface area contributed by atoms with Crippen LogP contribution in [0.1, 0.15) is 5.56 Å². The Kier molecular flexibility index (Phi) is 5.27. The number of hydrogen-bond donors (Lipinski definition) is 1. The van der Waals surface area contributed by atoms with Gasteiger partial charge in [-0.1, -0.05) is 11.6 Å². The molecule has 0 spiro atoms. The highest BCUT2D eigenvalue weighted by Gasteiger charge is 2.19. The van der Waals surface area contributed by atoms with E-state index < -0.39 is 0 Å². The maximum Gasteiger partial charge on any atom is 0.231 e. The van der Waals surface area contributed by atoms with Crippen molar-refractivity contribution in [1.29, 1.82) is 0 Å². The van der Waals surface area contributed by atoms with Gasteiger partial charge in [-0.25, -0.2) is 0 Å². The molecule has 106 valence electrons. The largest absolute Gasteiger partial charge is 0.454 e. The zero-order valence-corrected chi connectivity index (χ0v) is 11.7. The van der Waals surface area contributed by atoms with Gasteiger partial charge in [0, 0.05) is 26.7 Å². The van der Waals surface area contributed by atoms with Gasteiger partial charge in [0.05, 0.1) is 18.2 Å². The van der Waals surface area contributed by atoms with Crippen LogP contribution >= 0.6 is 11.6 Å². The molecule has 0 aliphatic carbocycles. The summed E-state index contributed by atoms with van der Waals surface area (Å²) in [5.74, 6) is 1.29. The number of ether oxygens (including phenoxy) is 3. The Morgan fingerprint density at radius 2 is 2.21 bits per heavy atom. The van der Waals surface area contributed by atoms with Crippen molar-refractivity contribution in [2.45, 2.75) is 6.54 Å².